The summed E-state index contributed by atoms with van der Waals surface area (Å²) in [6, 6.07) is 7.38. The molecule has 2 heterocycles. The van der Waals surface area contributed by atoms with Gasteiger partial charge >= 0.3 is 5.97 Å². The van der Waals surface area contributed by atoms with Gasteiger partial charge in [0.2, 0.25) is 5.78 Å². The summed E-state index contributed by atoms with van der Waals surface area (Å²) in [7, 11) is 0. The predicted molar refractivity (Wildman–Crippen MR) is 67.7 cm³/mol. The first kappa shape index (κ1) is 11.3. The zero-order valence-electron chi connectivity index (χ0n) is 9.92. The van der Waals surface area contributed by atoms with Crippen LogP contribution < -0.4 is 0 Å². The first-order valence-corrected chi connectivity index (χ1v) is 5.79. The summed E-state index contributed by atoms with van der Waals surface area (Å²) in [5, 5.41) is 17.6. The molecule has 6 nitrogen and oxygen atoms in total. The molecule has 1 aromatic carbocycles. The van der Waals surface area contributed by atoms with Gasteiger partial charge in [0.05, 0.1) is 29.1 Å². The van der Waals surface area contributed by atoms with E-state index in [1.165, 1.54) is 0 Å². The molecule has 0 atom stereocenters. The molecule has 0 aliphatic rings. The fraction of sp³-hybridized carbons (Fsp3) is 0.154. The summed E-state index contributed by atoms with van der Waals surface area (Å²) in [5.74, 6) is -0.172. The van der Waals surface area contributed by atoms with Crippen molar-refractivity contribution in [3.63, 3.8) is 0 Å². The molecule has 6 heteroatoms. The van der Waals surface area contributed by atoms with Crippen LogP contribution in [0.25, 0.3) is 16.8 Å². The molecule has 0 saturated carbocycles. The Hall–Kier alpha value is -2.81. The monoisotopic (exact) mass is 254 g/mol. The maximum atomic E-state index is 10.5. The van der Waals surface area contributed by atoms with Crippen LogP contribution in [0.15, 0.2) is 24.4 Å². The van der Waals surface area contributed by atoms with Crippen molar-refractivity contribution < 1.29 is 9.90 Å². The zero-order chi connectivity index (χ0) is 13.4. The number of rotatable bonds is 3. The number of imidazole rings is 2. The van der Waals surface area contributed by atoms with E-state index in [0.717, 1.165) is 16.7 Å². The molecule has 3 aromatic rings. The molecular weight excluding hydrogens is 244 g/mol. The predicted octanol–water partition coefficient (Wildman–Crippen LogP) is 1.70. The molecule has 19 heavy (non-hydrogen) atoms. The van der Waals surface area contributed by atoms with Crippen LogP contribution in [0, 0.1) is 11.3 Å². The van der Waals surface area contributed by atoms with Gasteiger partial charge in [0.25, 0.3) is 0 Å². The number of benzene rings is 1. The Kier molecular flexibility index (Phi) is 2.46. The van der Waals surface area contributed by atoms with Gasteiger partial charge in [-0.15, -0.1) is 0 Å². The zero-order valence-corrected chi connectivity index (χ0v) is 9.92. The van der Waals surface area contributed by atoms with E-state index in [-0.39, 0.29) is 6.42 Å². The van der Waals surface area contributed by atoms with Gasteiger partial charge in [-0.2, -0.15) is 5.26 Å². The van der Waals surface area contributed by atoms with E-state index in [1.54, 1.807) is 18.2 Å². The number of aromatic nitrogens is 3. The Bertz CT molecular complexity index is 822. The molecule has 0 spiro atoms. The molecule has 0 aliphatic heterocycles. The number of carbonyl (C=O) groups is 1. The maximum Gasteiger partial charge on any atom is 0.303 e. The highest BCUT2D eigenvalue weighted by molar-refractivity contribution is 5.81. The van der Waals surface area contributed by atoms with E-state index in [9.17, 15) is 4.79 Å². The number of hydrogen-bond acceptors (Lipinski definition) is 3. The molecule has 0 aliphatic carbocycles. The average Bonchev–Trinajstić information content (AvgIpc) is 2.92. The van der Waals surface area contributed by atoms with Crippen molar-refractivity contribution in [3.8, 4) is 6.07 Å². The number of aliphatic carboxylic acids is 1. The van der Waals surface area contributed by atoms with Crippen LogP contribution in [-0.2, 0) is 11.2 Å². The Morgan fingerprint density at radius 1 is 1.53 bits per heavy atom. The molecule has 2 N–H and O–H groups in total. The Morgan fingerprint density at radius 2 is 2.37 bits per heavy atom. The number of carboxylic acids is 1. The number of nitrogens with zero attached hydrogens (tertiary/aromatic N) is 3. The second-order valence-corrected chi connectivity index (χ2v) is 4.29. The number of hydrogen-bond donors (Lipinski definition) is 2. The van der Waals surface area contributed by atoms with E-state index in [4.69, 9.17) is 10.4 Å². The lowest BCUT2D eigenvalue weighted by Crippen LogP contribution is -1.97. The normalized spacial score (nSPS) is 10.9. The van der Waals surface area contributed by atoms with Crippen molar-refractivity contribution in [2.45, 2.75) is 12.8 Å². The number of H-pyrrole nitrogens is 1. The quantitative estimate of drug-likeness (QED) is 0.743. The lowest BCUT2D eigenvalue weighted by molar-refractivity contribution is -0.136. The highest BCUT2D eigenvalue weighted by atomic mass is 16.4. The first-order chi connectivity index (χ1) is 9.17. The molecule has 0 unspecified atom stereocenters. The topological polar surface area (TPSA) is 94.2 Å². The molecule has 0 amide bonds. The minimum absolute atomic E-state index is 0.0745. The fourth-order valence-corrected chi connectivity index (χ4v) is 2.08. The molecule has 0 saturated heterocycles. The smallest absolute Gasteiger partial charge is 0.303 e. The van der Waals surface area contributed by atoms with Crippen molar-refractivity contribution in [1.29, 1.82) is 5.26 Å². The molecule has 0 radical (unpaired) electrons. The van der Waals surface area contributed by atoms with Crippen LogP contribution in [0.4, 0.5) is 0 Å². The molecule has 2 aromatic heterocycles. The van der Waals surface area contributed by atoms with Crippen LogP contribution in [0.5, 0.6) is 0 Å². The summed E-state index contributed by atoms with van der Waals surface area (Å²) in [4.78, 5) is 18.0. The Balaban J connectivity index is 2.08. The molecule has 0 bridgehead atoms. The van der Waals surface area contributed by atoms with Gasteiger partial charge in [0.1, 0.15) is 0 Å². The third-order valence-corrected chi connectivity index (χ3v) is 2.98. The van der Waals surface area contributed by atoms with Gasteiger partial charge in [0, 0.05) is 11.9 Å². The van der Waals surface area contributed by atoms with Crippen LogP contribution in [0.2, 0.25) is 0 Å². The van der Waals surface area contributed by atoms with E-state index >= 15 is 0 Å². The van der Waals surface area contributed by atoms with Crippen molar-refractivity contribution in [2.24, 2.45) is 0 Å². The number of aromatic amines is 1. The van der Waals surface area contributed by atoms with Gasteiger partial charge in [-0.25, -0.2) is 4.98 Å². The van der Waals surface area contributed by atoms with E-state index < -0.39 is 5.97 Å². The van der Waals surface area contributed by atoms with Crippen LogP contribution >= 0.6 is 0 Å². The minimum atomic E-state index is -0.830. The van der Waals surface area contributed by atoms with Crippen molar-refractivity contribution in [1.82, 2.24) is 14.4 Å². The number of nitriles is 1. The van der Waals surface area contributed by atoms with E-state index in [1.807, 2.05) is 10.6 Å². The Morgan fingerprint density at radius 3 is 3.11 bits per heavy atom. The largest absolute Gasteiger partial charge is 0.481 e. The summed E-state index contributed by atoms with van der Waals surface area (Å²) in [6.07, 6.45) is 2.33. The summed E-state index contributed by atoms with van der Waals surface area (Å²) < 4.78 is 1.84. The molecule has 0 fully saturated rings. The van der Waals surface area contributed by atoms with Crippen molar-refractivity contribution in [3.05, 3.63) is 35.7 Å². The SMILES string of the molecule is N#Cc1ccc2nc3[nH]c(CCC(=O)O)cn3c2c1. The van der Waals surface area contributed by atoms with Crippen LogP contribution in [0.3, 0.4) is 0 Å². The van der Waals surface area contributed by atoms with Crippen molar-refractivity contribution >= 4 is 22.8 Å². The van der Waals surface area contributed by atoms with E-state index in [2.05, 4.69) is 16.0 Å². The van der Waals surface area contributed by atoms with Gasteiger partial charge in [0.15, 0.2) is 0 Å². The number of carboxylic acid groups (broad SMARTS) is 1. The summed E-state index contributed by atoms with van der Waals surface area (Å²) >= 11 is 0. The minimum Gasteiger partial charge on any atom is -0.481 e. The third-order valence-electron chi connectivity index (χ3n) is 2.98. The molecule has 3 rings (SSSR count). The van der Waals surface area contributed by atoms with Gasteiger partial charge in [-0.1, -0.05) is 0 Å². The third kappa shape index (κ3) is 1.91. The highest BCUT2D eigenvalue weighted by Gasteiger charge is 2.09. The second kappa shape index (κ2) is 4.14. The maximum absolute atomic E-state index is 10.5. The fourth-order valence-electron chi connectivity index (χ4n) is 2.08. The van der Waals surface area contributed by atoms with Crippen molar-refractivity contribution in [2.75, 3.05) is 0 Å². The lowest BCUT2D eigenvalue weighted by atomic mass is 10.2. The van der Waals surface area contributed by atoms with Crippen LogP contribution in [0.1, 0.15) is 17.7 Å². The number of fused-ring (bicyclic) bond motifs is 3. The first-order valence-electron chi connectivity index (χ1n) is 5.79. The molecular formula is C13H10N4O2. The summed E-state index contributed by atoms with van der Waals surface area (Å²) in [6.45, 7) is 0. The Labute approximate surface area is 107 Å². The molecule has 94 valence electrons. The van der Waals surface area contributed by atoms with Gasteiger partial charge < -0.3 is 10.1 Å². The van der Waals surface area contributed by atoms with Gasteiger partial charge in [-0.3, -0.25) is 9.20 Å². The van der Waals surface area contributed by atoms with Gasteiger partial charge in [-0.05, 0) is 24.6 Å². The van der Waals surface area contributed by atoms with Crippen LogP contribution in [-0.4, -0.2) is 25.4 Å². The highest BCUT2D eigenvalue weighted by Crippen LogP contribution is 2.18. The number of nitrogens with one attached hydrogen (secondary N) is 1. The standard InChI is InChI=1S/C13H10N4O2/c14-6-8-1-3-10-11(5-8)17-7-9(2-4-12(18)19)15-13(17)16-10/h1,3,5,7H,2,4H2,(H,15,16)(H,18,19). The number of aryl methyl sites for hydroxylation is 1. The average molecular weight is 254 g/mol. The second-order valence-electron chi connectivity index (χ2n) is 4.29. The lowest BCUT2D eigenvalue weighted by Gasteiger charge is -1.93. The summed E-state index contributed by atoms with van der Waals surface area (Å²) in [5.41, 5.74) is 3.03. The van der Waals surface area contributed by atoms with E-state index in [0.29, 0.717) is 17.8 Å².